The Balaban J connectivity index is 1.48. The summed E-state index contributed by atoms with van der Waals surface area (Å²) in [6.07, 6.45) is 2.67. The van der Waals surface area contributed by atoms with E-state index in [-0.39, 0.29) is 11.6 Å². The number of benzene rings is 1. The average molecular weight is 377 g/mol. The summed E-state index contributed by atoms with van der Waals surface area (Å²) in [6, 6.07) is 7.84. The molecule has 0 bridgehead atoms. The van der Waals surface area contributed by atoms with Crippen LogP contribution in [0.15, 0.2) is 35.0 Å². The SMILES string of the molecule is CCc1[nH]c2ccc(CNC(=O)c3cc(-c4cnn(C)c4C)on3)cc2c1C. The fourth-order valence-corrected chi connectivity index (χ4v) is 3.42. The molecule has 1 aromatic carbocycles. The first kappa shape index (κ1) is 18.0. The van der Waals surface area contributed by atoms with Crippen LogP contribution in [0.2, 0.25) is 0 Å². The lowest BCUT2D eigenvalue weighted by Crippen LogP contribution is -2.23. The lowest BCUT2D eigenvalue weighted by Gasteiger charge is -2.04. The van der Waals surface area contributed by atoms with E-state index in [2.05, 4.69) is 46.5 Å². The molecule has 4 rings (SSSR count). The predicted octanol–water partition coefficient (Wildman–Crippen LogP) is 3.67. The van der Waals surface area contributed by atoms with Crippen molar-refractivity contribution in [3.63, 3.8) is 0 Å². The first-order chi connectivity index (χ1) is 13.5. The summed E-state index contributed by atoms with van der Waals surface area (Å²) in [5.74, 6) is 0.267. The summed E-state index contributed by atoms with van der Waals surface area (Å²) in [5.41, 5.74) is 6.70. The van der Waals surface area contributed by atoms with Gasteiger partial charge in [-0.3, -0.25) is 9.48 Å². The zero-order valence-electron chi connectivity index (χ0n) is 16.5. The van der Waals surface area contributed by atoms with Gasteiger partial charge in [0.2, 0.25) is 0 Å². The molecule has 0 radical (unpaired) electrons. The Kier molecular flexibility index (Phi) is 4.50. The highest BCUT2D eigenvalue weighted by molar-refractivity contribution is 5.93. The minimum Gasteiger partial charge on any atom is -0.358 e. The number of amides is 1. The highest BCUT2D eigenvalue weighted by atomic mass is 16.5. The Morgan fingerprint density at radius 2 is 2.11 bits per heavy atom. The van der Waals surface area contributed by atoms with Crippen LogP contribution < -0.4 is 5.32 Å². The van der Waals surface area contributed by atoms with Gasteiger partial charge in [0.05, 0.1) is 11.8 Å². The van der Waals surface area contributed by atoms with Crippen LogP contribution in [-0.2, 0) is 20.0 Å². The third-order valence-electron chi connectivity index (χ3n) is 5.28. The summed E-state index contributed by atoms with van der Waals surface area (Å²) >= 11 is 0. The summed E-state index contributed by atoms with van der Waals surface area (Å²) in [7, 11) is 1.86. The quantitative estimate of drug-likeness (QED) is 0.555. The van der Waals surface area contributed by atoms with E-state index in [1.807, 2.05) is 20.0 Å². The second-order valence-electron chi connectivity index (χ2n) is 6.99. The number of aromatic nitrogens is 4. The number of H-pyrrole nitrogens is 1. The van der Waals surface area contributed by atoms with Crippen molar-refractivity contribution in [3.8, 4) is 11.3 Å². The maximum absolute atomic E-state index is 12.5. The summed E-state index contributed by atoms with van der Waals surface area (Å²) in [6.45, 7) is 6.62. The van der Waals surface area contributed by atoms with Gasteiger partial charge in [-0.2, -0.15) is 5.10 Å². The number of aromatic amines is 1. The molecule has 2 N–H and O–H groups in total. The number of nitrogens with zero attached hydrogens (tertiary/aromatic N) is 3. The van der Waals surface area contributed by atoms with Crippen molar-refractivity contribution in [2.75, 3.05) is 0 Å². The van der Waals surface area contributed by atoms with E-state index >= 15 is 0 Å². The van der Waals surface area contributed by atoms with Crippen molar-refractivity contribution >= 4 is 16.8 Å². The van der Waals surface area contributed by atoms with Gasteiger partial charge >= 0.3 is 0 Å². The van der Waals surface area contributed by atoms with Crippen molar-refractivity contribution in [1.82, 2.24) is 25.2 Å². The van der Waals surface area contributed by atoms with E-state index in [9.17, 15) is 4.79 Å². The van der Waals surface area contributed by atoms with Gasteiger partial charge in [-0.1, -0.05) is 18.1 Å². The Bertz CT molecular complexity index is 1170. The Hall–Kier alpha value is -3.35. The molecule has 7 heteroatoms. The lowest BCUT2D eigenvalue weighted by molar-refractivity contribution is 0.0942. The number of nitrogens with one attached hydrogen (secondary N) is 2. The molecule has 28 heavy (non-hydrogen) atoms. The molecule has 7 nitrogen and oxygen atoms in total. The molecule has 144 valence electrons. The minimum atomic E-state index is -0.267. The lowest BCUT2D eigenvalue weighted by atomic mass is 10.1. The molecule has 0 aliphatic rings. The average Bonchev–Trinajstić information content (AvgIpc) is 3.39. The number of carbonyl (C=O) groups is 1. The highest BCUT2D eigenvalue weighted by Gasteiger charge is 2.16. The number of hydrogen-bond donors (Lipinski definition) is 2. The fraction of sp³-hybridized carbons (Fsp3) is 0.286. The van der Waals surface area contributed by atoms with Crippen LogP contribution in [0.25, 0.3) is 22.2 Å². The van der Waals surface area contributed by atoms with Gasteiger partial charge in [0, 0.05) is 41.9 Å². The van der Waals surface area contributed by atoms with Crippen molar-refractivity contribution in [1.29, 1.82) is 0 Å². The van der Waals surface area contributed by atoms with Gasteiger partial charge in [-0.05, 0) is 43.5 Å². The molecule has 3 aromatic heterocycles. The summed E-state index contributed by atoms with van der Waals surface area (Å²) in [5, 5.41) is 12.2. The minimum absolute atomic E-state index is 0.255. The van der Waals surface area contributed by atoms with E-state index in [0.29, 0.717) is 12.3 Å². The second kappa shape index (κ2) is 6.99. The Morgan fingerprint density at radius 1 is 1.29 bits per heavy atom. The molecule has 0 aliphatic heterocycles. The molecule has 4 aromatic rings. The van der Waals surface area contributed by atoms with Crippen LogP contribution in [0.1, 0.15) is 39.9 Å². The van der Waals surface area contributed by atoms with E-state index in [1.54, 1.807) is 16.9 Å². The number of rotatable bonds is 5. The van der Waals surface area contributed by atoms with Crippen LogP contribution in [0.4, 0.5) is 0 Å². The molecule has 0 unspecified atom stereocenters. The summed E-state index contributed by atoms with van der Waals surface area (Å²) in [4.78, 5) is 15.9. The standard InChI is InChI=1S/C21H23N5O2/c1-5-17-12(2)15-8-14(6-7-18(15)24-17)10-22-21(27)19-9-20(28-25-19)16-11-23-26(4)13(16)3/h6-9,11,24H,5,10H2,1-4H3,(H,22,27). The third kappa shape index (κ3) is 3.09. The van der Waals surface area contributed by atoms with E-state index in [0.717, 1.165) is 28.8 Å². The van der Waals surface area contributed by atoms with E-state index in [1.165, 1.54) is 16.6 Å². The molecule has 3 heterocycles. The highest BCUT2D eigenvalue weighted by Crippen LogP contribution is 2.24. The molecule has 0 fully saturated rings. The van der Waals surface area contributed by atoms with Crippen LogP contribution in [-0.4, -0.2) is 25.8 Å². The van der Waals surface area contributed by atoms with Crippen LogP contribution in [0, 0.1) is 13.8 Å². The second-order valence-corrected chi connectivity index (χ2v) is 6.99. The molecule has 0 atom stereocenters. The van der Waals surface area contributed by atoms with Crippen LogP contribution in [0.3, 0.4) is 0 Å². The van der Waals surface area contributed by atoms with E-state index in [4.69, 9.17) is 4.52 Å². The smallest absolute Gasteiger partial charge is 0.273 e. The summed E-state index contributed by atoms with van der Waals surface area (Å²) < 4.78 is 7.09. The fourth-order valence-electron chi connectivity index (χ4n) is 3.42. The Morgan fingerprint density at radius 3 is 2.82 bits per heavy atom. The Labute approximate surface area is 162 Å². The largest absolute Gasteiger partial charge is 0.358 e. The number of carbonyl (C=O) groups excluding carboxylic acids is 1. The third-order valence-corrected chi connectivity index (χ3v) is 5.28. The van der Waals surface area contributed by atoms with Crippen molar-refractivity contribution < 1.29 is 9.32 Å². The van der Waals surface area contributed by atoms with Gasteiger partial charge in [0.15, 0.2) is 11.5 Å². The van der Waals surface area contributed by atoms with Gasteiger partial charge in [0.25, 0.3) is 5.91 Å². The maximum atomic E-state index is 12.5. The van der Waals surface area contributed by atoms with Gasteiger partial charge < -0.3 is 14.8 Å². The van der Waals surface area contributed by atoms with Crippen molar-refractivity contribution in [3.05, 3.63) is 58.7 Å². The topological polar surface area (TPSA) is 88.7 Å². The zero-order chi connectivity index (χ0) is 19.8. The monoisotopic (exact) mass is 377 g/mol. The van der Waals surface area contributed by atoms with Gasteiger partial charge in [-0.25, -0.2) is 0 Å². The van der Waals surface area contributed by atoms with Gasteiger partial charge in [0.1, 0.15) is 0 Å². The zero-order valence-corrected chi connectivity index (χ0v) is 16.5. The number of aryl methyl sites for hydroxylation is 3. The maximum Gasteiger partial charge on any atom is 0.273 e. The molecule has 1 amide bonds. The van der Waals surface area contributed by atoms with Crippen LogP contribution >= 0.6 is 0 Å². The molecule has 0 saturated carbocycles. The van der Waals surface area contributed by atoms with Crippen molar-refractivity contribution in [2.24, 2.45) is 7.05 Å². The molecule has 0 saturated heterocycles. The first-order valence-electron chi connectivity index (χ1n) is 9.32. The number of hydrogen-bond acceptors (Lipinski definition) is 4. The van der Waals surface area contributed by atoms with E-state index < -0.39 is 0 Å². The van der Waals surface area contributed by atoms with Crippen molar-refractivity contribution in [2.45, 2.75) is 33.7 Å². The van der Waals surface area contributed by atoms with Gasteiger partial charge in [-0.15, -0.1) is 0 Å². The predicted molar refractivity (Wildman–Crippen MR) is 107 cm³/mol. The molecule has 0 aliphatic carbocycles. The molecule has 0 spiro atoms. The number of fused-ring (bicyclic) bond motifs is 1. The molecular formula is C21H23N5O2. The van der Waals surface area contributed by atoms with Crippen LogP contribution in [0.5, 0.6) is 0 Å². The normalized spacial score (nSPS) is 11.3. The molecular weight excluding hydrogens is 354 g/mol. The first-order valence-corrected chi connectivity index (χ1v) is 9.32.